The molecule has 0 bridgehead atoms. The second kappa shape index (κ2) is 8.28. The lowest BCUT2D eigenvalue weighted by Crippen LogP contribution is -2.28. The SMILES string of the molecule is COCC(CN)OCCCc1ccccc1. The van der Waals surface area contributed by atoms with Gasteiger partial charge in [0.2, 0.25) is 0 Å². The number of benzene rings is 1. The molecule has 1 unspecified atom stereocenters. The van der Waals surface area contributed by atoms with Crippen molar-refractivity contribution in [2.75, 3.05) is 26.9 Å². The van der Waals surface area contributed by atoms with Crippen LogP contribution in [0.25, 0.3) is 0 Å². The van der Waals surface area contributed by atoms with Gasteiger partial charge in [-0.1, -0.05) is 30.3 Å². The fraction of sp³-hybridized carbons (Fsp3) is 0.538. The number of aryl methyl sites for hydroxylation is 1. The van der Waals surface area contributed by atoms with Gasteiger partial charge in [-0.2, -0.15) is 0 Å². The lowest BCUT2D eigenvalue weighted by molar-refractivity contribution is 0.00282. The molecule has 2 N–H and O–H groups in total. The molecular formula is C13H21NO2. The van der Waals surface area contributed by atoms with Crippen molar-refractivity contribution in [2.45, 2.75) is 18.9 Å². The maximum atomic E-state index is 5.60. The van der Waals surface area contributed by atoms with Gasteiger partial charge < -0.3 is 15.2 Å². The van der Waals surface area contributed by atoms with Crippen LogP contribution in [0.4, 0.5) is 0 Å². The van der Waals surface area contributed by atoms with Crippen molar-refractivity contribution >= 4 is 0 Å². The Balaban J connectivity index is 2.11. The fourth-order valence-electron chi connectivity index (χ4n) is 1.54. The van der Waals surface area contributed by atoms with E-state index >= 15 is 0 Å². The first-order chi connectivity index (χ1) is 7.86. The molecule has 1 aromatic rings. The standard InChI is InChI=1S/C13H21NO2/c1-15-11-13(10-14)16-9-5-8-12-6-3-2-4-7-12/h2-4,6-7,13H,5,8-11,14H2,1H3. The van der Waals surface area contributed by atoms with E-state index in [0.717, 1.165) is 19.4 Å². The van der Waals surface area contributed by atoms with E-state index in [9.17, 15) is 0 Å². The molecule has 3 heteroatoms. The third kappa shape index (κ3) is 5.26. The summed E-state index contributed by atoms with van der Waals surface area (Å²) in [6, 6.07) is 10.4. The Morgan fingerprint density at radius 1 is 1.25 bits per heavy atom. The summed E-state index contributed by atoms with van der Waals surface area (Å²) in [5.74, 6) is 0. The zero-order chi connectivity index (χ0) is 11.6. The van der Waals surface area contributed by atoms with Crippen molar-refractivity contribution < 1.29 is 9.47 Å². The summed E-state index contributed by atoms with van der Waals surface area (Å²) in [6.45, 7) is 1.82. The van der Waals surface area contributed by atoms with E-state index in [1.165, 1.54) is 5.56 Å². The zero-order valence-corrected chi connectivity index (χ0v) is 9.89. The molecule has 1 atom stereocenters. The smallest absolute Gasteiger partial charge is 0.0930 e. The maximum Gasteiger partial charge on any atom is 0.0930 e. The molecule has 1 aromatic carbocycles. The highest BCUT2D eigenvalue weighted by atomic mass is 16.5. The third-order valence-corrected chi connectivity index (χ3v) is 2.42. The average Bonchev–Trinajstić information content (AvgIpc) is 2.34. The highest BCUT2D eigenvalue weighted by Crippen LogP contribution is 2.03. The lowest BCUT2D eigenvalue weighted by atomic mass is 10.1. The van der Waals surface area contributed by atoms with Gasteiger partial charge in [0.1, 0.15) is 0 Å². The van der Waals surface area contributed by atoms with Crippen LogP contribution in [0.2, 0.25) is 0 Å². The summed E-state index contributed by atoms with van der Waals surface area (Å²) < 4.78 is 10.6. The van der Waals surface area contributed by atoms with Crippen LogP contribution < -0.4 is 5.73 Å². The molecule has 0 saturated carbocycles. The van der Waals surface area contributed by atoms with Crippen molar-refractivity contribution in [3.05, 3.63) is 35.9 Å². The van der Waals surface area contributed by atoms with Crippen LogP contribution in [0.3, 0.4) is 0 Å². The number of rotatable bonds is 8. The van der Waals surface area contributed by atoms with E-state index in [-0.39, 0.29) is 6.10 Å². The number of ether oxygens (including phenoxy) is 2. The first kappa shape index (κ1) is 13.2. The molecule has 3 nitrogen and oxygen atoms in total. The predicted octanol–water partition coefficient (Wildman–Crippen LogP) is 1.61. The van der Waals surface area contributed by atoms with Gasteiger partial charge in [0, 0.05) is 20.3 Å². The molecule has 0 spiro atoms. The number of hydrogen-bond acceptors (Lipinski definition) is 3. The van der Waals surface area contributed by atoms with Crippen LogP contribution in [0.5, 0.6) is 0 Å². The molecule has 0 fully saturated rings. The van der Waals surface area contributed by atoms with Crippen molar-refractivity contribution in [2.24, 2.45) is 5.73 Å². The topological polar surface area (TPSA) is 44.5 Å². The van der Waals surface area contributed by atoms with Crippen LogP contribution in [-0.4, -0.2) is 33.0 Å². The Hall–Kier alpha value is -0.900. The second-order valence-electron chi connectivity index (χ2n) is 3.77. The van der Waals surface area contributed by atoms with E-state index in [2.05, 4.69) is 24.3 Å². The highest BCUT2D eigenvalue weighted by molar-refractivity contribution is 5.14. The Kier molecular flexibility index (Phi) is 6.81. The lowest BCUT2D eigenvalue weighted by Gasteiger charge is -2.14. The van der Waals surface area contributed by atoms with Crippen molar-refractivity contribution in [3.63, 3.8) is 0 Å². The summed E-state index contributed by atoms with van der Waals surface area (Å²) in [6.07, 6.45) is 2.09. The normalized spacial score (nSPS) is 12.6. The number of nitrogens with two attached hydrogens (primary N) is 1. The van der Waals surface area contributed by atoms with E-state index in [4.69, 9.17) is 15.2 Å². The van der Waals surface area contributed by atoms with E-state index in [1.54, 1.807) is 7.11 Å². The van der Waals surface area contributed by atoms with Crippen LogP contribution in [0.15, 0.2) is 30.3 Å². The molecule has 90 valence electrons. The van der Waals surface area contributed by atoms with Gasteiger partial charge in [0.05, 0.1) is 12.7 Å². The molecule has 0 aromatic heterocycles. The largest absolute Gasteiger partial charge is 0.382 e. The molecule has 1 rings (SSSR count). The van der Waals surface area contributed by atoms with Gasteiger partial charge in [-0.15, -0.1) is 0 Å². The highest BCUT2D eigenvalue weighted by Gasteiger charge is 2.05. The molecule has 0 saturated heterocycles. The molecule has 0 amide bonds. The molecule has 16 heavy (non-hydrogen) atoms. The summed E-state index contributed by atoms with van der Waals surface area (Å²) in [7, 11) is 1.66. The summed E-state index contributed by atoms with van der Waals surface area (Å²) in [4.78, 5) is 0. The van der Waals surface area contributed by atoms with Gasteiger partial charge >= 0.3 is 0 Å². The summed E-state index contributed by atoms with van der Waals surface area (Å²) in [5.41, 5.74) is 6.90. The van der Waals surface area contributed by atoms with Gasteiger partial charge in [-0.05, 0) is 18.4 Å². The Morgan fingerprint density at radius 2 is 2.00 bits per heavy atom. The predicted molar refractivity (Wildman–Crippen MR) is 65.4 cm³/mol. The van der Waals surface area contributed by atoms with Crippen LogP contribution in [0, 0.1) is 0 Å². The fourth-order valence-corrected chi connectivity index (χ4v) is 1.54. The van der Waals surface area contributed by atoms with Crippen molar-refractivity contribution in [1.82, 2.24) is 0 Å². The zero-order valence-electron chi connectivity index (χ0n) is 9.89. The minimum Gasteiger partial charge on any atom is -0.382 e. The third-order valence-electron chi connectivity index (χ3n) is 2.42. The first-order valence-electron chi connectivity index (χ1n) is 5.71. The second-order valence-corrected chi connectivity index (χ2v) is 3.77. The molecule has 0 heterocycles. The van der Waals surface area contributed by atoms with E-state index < -0.39 is 0 Å². The quantitative estimate of drug-likeness (QED) is 0.681. The van der Waals surface area contributed by atoms with Gasteiger partial charge in [0.25, 0.3) is 0 Å². The maximum absolute atomic E-state index is 5.60. The van der Waals surface area contributed by atoms with Crippen LogP contribution in [0.1, 0.15) is 12.0 Å². The van der Waals surface area contributed by atoms with Gasteiger partial charge in [-0.25, -0.2) is 0 Å². The molecule has 0 aliphatic heterocycles. The first-order valence-corrected chi connectivity index (χ1v) is 5.71. The van der Waals surface area contributed by atoms with Gasteiger partial charge in [-0.3, -0.25) is 0 Å². The Labute approximate surface area is 97.6 Å². The molecular weight excluding hydrogens is 202 g/mol. The number of methoxy groups -OCH3 is 1. The molecule has 0 aliphatic rings. The minimum atomic E-state index is 0.0285. The average molecular weight is 223 g/mol. The van der Waals surface area contributed by atoms with Crippen LogP contribution in [-0.2, 0) is 15.9 Å². The summed E-state index contributed by atoms with van der Waals surface area (Å²) >= 11 is 0. The van der Waals surface area contributed by atoms with E-state index in [0.29, 0.717) is 13.2 Å². The van der Waals surface area contributed by atoms with Crippen LogP contribution >= 0.6 is 0 Å². The minimum absolute atomic E-state index is 0.0285. The summed E-state index contributed by atoms with van der Waals surface area (Å²) in [5, 5.41) is 0. The molecule has 0 radical (unpaired) electrons. The molecule has 0 aliphatic carbocycles. The van der Waals surface area contributed by atoms with Crippen molar-refractivity contribution in [3.8, 4) is 0 Å². The Bertz CT molecular complexity index is 264. The van der Waals surface area contributed by atoms with Crippen molar-refractivity contribution in [1.29, 1.82) is 0 Å². The number of hydrogen-bond donors (Lipinski definition) is 1. The monoisotopic (exact) mass is 223 g/mol. The Morgan fingerprint density at radius 3 is 2.62 bits per heavy atom. The van der Waals surface area contributed by atoms with E-state index in [1.807, 2.05) is 6.07 Å². The van der Waals surface area contributed by atoms with Gasteiger partial charge in [0.15, 0.2) is 0 Å².